The van der Waals surface area contributed by atoms with Gasteiger partial charge in [-0.25, -0.2) is 0 Å². The van der Waals surface area contributed by atoms with Crippen molar-refractivity contribution in [2.75, 3.05) is 6.61 Å². The van der Waals surface area contributed by atoms with Crippen LogP contribution in [0.5, 0.6) is 5.75 Å². The number of aldehydes is 1. The van der Waals surface area contributed by atoms with Crippen molar-refractivity contribution in [2.45, 2.75) is 13.0 Å². The lowest BCUT2D eigenvalue weighted by atomic mass is 10.2. The zero-order valence-corrected chi connectivity index (χ0v) is 11.9. The average Bonchev–Trinajstić information content (AvgIpc) is 3.00. The van der Waals surface area contributed by atoms with Gasteiger partial charge in [-0.15, -0.1) is 11.3 Å². The Kier molecular flexibility index (Phi) is 4.90. The van der Waals surface area contributed by atoms with Gasteiger partial charge in [-0.05, 0) is 42.6 Å². The lowest BCUT2D eigenvalue weighted by molar-refractivity contribution is -0.123. The summed E-state index contributed by atoms with van der Waals surface area (Å²) < 4.78 is 5.36. The summed E-state index contributed by atoms with van der Waals surface area (Å²) in [6.07, 6.45) is 0.763. The fourth-order valence-electron chi connectivity index (χ4n) is 1.68. The van der Waals surface area contributed by atoms with Crippen LogP contribution in [-0.4, -0.2) is 18.8 Å². The lowest BCUT2D eigenvalue weighted by Gasteiger charge is -2.12. The summed E-state index contributed by atoms with van der Waals surface area (Å²) in [7, 11) is 0. The molecule has 0 bridgehead atoms. The van der Waals surface area contributed by atoms with Crippen LogP contribution in [0.3, 0.4) is 0 Å². The van der Waals surface area contributed by atoms with E-state index in [2.05, 4.69) is 5.32 Å². The van der Waals surface area contributed by atoms with Gasteiger partial charge in [-0.1, -0.05) is 6.07 Å². The van der Waals surface area contributed by atoms with Gasteiger partial charge in [0.1, 0.15) is 12.0 Å². The van der Waals surface area contributed by atoms with E-state index in [9.17, 15) is 9.59 Å². The number of carbonyl (C=O) groups is 2. The Labute approximate surface area is 121 Å². The molecular weight excluding hydrogens is 274 g/mol. The first-order chi connectivity index (χ1) is 9.69. The lowest BCUT2D eigenvalue weighted by Crippen LogP contribution is -2.30. The van der Waals surface area contributed by atoms with Gasteiger partial charge in [0.25, 0.3) is 5.91 Å². The first-order valence-electron chi connectivity index (χ1n) is 6.20. The maximum atomic E-state index is 11.8. The highest BCUT2D eigenvalue weighted by Gasteiger charge is 2.10. The molecule has 1 heterocycles. The number of benzene rings is 1. The number of carbonyl (C=O) groups excluding carboxylic acids is 2. The first-order valence-corrected chi connectivity index (χ1v) is 7.08. The molecule has 0 radical (unpaired) electrons. The van der Waals surface area contributed by atoms with E-state index in [4.69, 9.17) is 4.74 Å². The maximum absolute atomic E-state index is 11.8. The molecule has 0 saturated heterocycles. The molecular formula is C15H15NO3S. The zero-order chi connectivity index (χ0) is 14.4. The Morgan fingerprint density at radius 2 is 2.10 bits per heavy atom. The molecule has 1 aromatic carbocycles. The number of rotatable bonds is 6. The zero-order valence-electron chi connectivity index (χ0n) is 11.0. The number of hydrogen-bond acceptors (Lipinski definition) is 4. The molecule has 0 aliphatic heterocycles. The van der Waals surface area contributed by atoms with Crippen molar-refractivity contribution in [1.82, 2.24) is 5.32 Å². The minimum absolute atomic E-state index is 0.0245. The van der Waals surface area contributed by atoms with Gasteiger partial charge < -0.3 is 10.1 Å². The molecule has 104 valence electrons. The Morgan fingerprint density at radius 1 is 1.35 bits per heavy atom. The summed E-state index contributed by atoms with van der Waals surface area (Å²) in [4.78, 5) is 23.4. The van der Waals surface area contributed by atoms with E-state index in [-0.39, 0.29) is 18.6 Å². The highest BCUT2D eigenvalue weighted by Crippen LogP contribution is 2.18. The van der Waals surface area contributed by atoms with E-state index in [0.29, 0.717) is 11.3 Å². The van der Waals surface area contributed by atoms with Crippen LogP contribution in [0.25, 0.3) is 0 Å². The molecule has 0 aliphatic carbocycles. The molecule has 20 heavy (non-hydrogen) atoms. The number of ether oxygens (including phenoxy) is 1. The third kappa shape index (κ3) is 3.93. The van der Waals surface area contributed by atoms with Crippen LogP contribution in [0.4, 0.5) is 0 Å². The van der Waals surface area contributed by atoms with Gasteiger partial charge >= 0.3 is 0 Å². The van der Waals surface area contributed by atoms with E-state index in [1.54, 1.807) is 35.6 Å². The van der Waals surface area contributed by atoms with Crippen LogP contribution in [-0.2, 0) is 4.79 Å². The summed E-state index contributed by atoms with van der Waals surface area (Å²) in [5, 5.41) is 4.84. The largest absolute Gasteiger partial charge is 0.484 e. The molecule has 0 aliphatic rings. The number of nitrogens with one attached hydrogen (secondary N) is 1. The number of amides is 1. The predicted octanol–water partition coefficient (Wildman–Crippen LogP) is 2.82. The smallest absolute Gasteiger partial charge is 0.258 e. The number of thiophene rings is 1. The van der Waals surface area contributed by atoms with Crippen LogP contribution in [0.2, 0.25) is 0 Å². The fourth-order valence-corrected chi connectivity index (χ4v) is 2.42. The van der Waals surface area contributed by atoms with Crippen LogP contribution >= 0.6 is 11.3 Å². The van der Waals surface area contributed by atoms with Crippen LogP contribution in [0.1, 0.15) is 28.2 Å². The van der Waals surface area contributed by atoms with Crippen molar-refractivity contribution in [1.29, 1.82) is 0 Å². The van der Waals surface area contributed by atoms with Gasteiger partial charge in [-0.2, -0.15) is 0 Å². The molecule has 1 amide bonds. The molecule has 0 saturated carbocycles. The summed E-state index contributed by atoms with van der Waals surface area (Å²) >= 11 is 1.60. The van der Waals surface area contributed by atoms with E-state index < -0.39 is 0 Å². The minimum Gasteiger partial charge on any atom is -0.484 e. The van der Waals surface area contributed by atoms with Gasteiger partial charge in [0, 0.05) is 10.4 Å². The second-order valence-corrected chi connectivity index (χ2v) is 5.26. The van der Waals surface area contributed by atoms with E-state index in [0.717, 1.165) is 11.2 Å². The number of hydrogen-bond donors (Lipinski definition) is 1. The van der Waals surface area contributed by atoms with Gasteiger partial charge in [0.2, 0.25) is 0 Å². The third-order valence-corrected chi connectivity index (χ3v) is 3.79. The standard InChI is InChI=1S/C15H15NO3S/c1-11(14-3-2-8-20-14)16-15(18)10-19-13-6-4-12(9-17)5-7-13/h2-9,11H,10H2,1H3,(H,16,18). The van der Waals surface area contributed by atoms with Crippen LogP contribution in [0.15, 0.2) is 41.8 Å². The van der Waals surface area contributed by atoms with Crippen LogP contribution in [0, 0.1) is 0 Å². The maximum Gasteiger partial charge on any atom is 0.258 e. The quantitative estimate of drug-likeness (QED) is 0.832. The highest BCUT2D eigenvalue weighted by molar-refractivity contribution is 7.10. The summed E-state index contributed by atoms with van der Waals surface area (Å²) in [6, 6.07) is 10.5. The molecule has 5 heteroatoms. The van der Waals surface area contributed by atoms with Crippen molar-refractivity contribution in [3.8, 4) is 5.75 Å². The highest BCUT2D eigenvalue weighted by atomic mass is 32.1. The molecule has 1 N–H and O–H groups in total. The fraction of sp³-hybridized carbons (Fsp3) is 0.200. The Morgan fingerprint density at radius 3 is 2.70 bits per heavy atom. The molecule has 2 aromatic rings. The second-order valence-electron chi connectivity index (χ2n) is 4.28. The van der Waals surface area contributed by atoms with Crippen LogP contribution < -0.4 is 10.1 Å². The SMILES string of the molecule is CC(NC(=O)COc1ccc(C=O)cc1)c1cccs1. The predicted molar refractivity (Wildman–Crippen MR) is 78.2 cm³/mol. The topological polar surface area (TPSA) is 55.4 Å². The van der Waals surface area contributed by atoms with E-state index in [1.807, 2.05) is 24.4 Å². The molecule has 0 fully saturated rings. The van der Waals surface area contributed by atoms with Gasteiger partial charge in [-0.3, -0.25) is 9.59 Å². The van der Waals surface area contributed by atoms with Gasteiger partial charge in [0.15, 0.2) is 6.61 Å². The minimum atomic E-state index is -0.176. The normalized spacial score (nSPS) is 11.7. The monoisotopic (exact) mass is 289 g/mol. The summed E-state index contributed by atoms with van der Waals surface area (Å²) in [5.74, 6) is 0.389. The Bertz CT molecular complexity index is 563. The molecule has 0 spiro atoms. The summed E-state index contributed by atoms with van der Waals surface area (Å²) in [5.41, 5.74) is 0.577. The second kappa shape index (κ2) is 6.86. The average molecular weight is 289 g/mol. The summed E-state index contributed by atoms with van der Waals surface area (Å²) in [6.45, 7) is 1.89. The van der Waals surface area contributed by atoms with E-state index >= 15 is 0 Å². The molecule has 4 nitrogen and oxygen atoms in total. The van der Waals surface area contributed by atoms with Crippen molar-refractivity contribution in [3.63, 3.8) is 0 Å². The molecule has 1 aromatic heterocycles. The Hall–Kier alpha value is -2.14. The molecule has 1 unspecified atom stereocenters. The Balaban J connectivity index is 1.81. The molecule has 2 rings (SSSR count). The van der Waals surface area contributed by atoms with E-state index in [1.165, 1.54) is 0 Å². The molecule has 1 atom stereocenters. The van der Waals surface area contributed by atoms with Crippen molar-refractivity contribution in [2.24, 2.45) is 0 Å². The first kappa shape index (κ1) is 14.3. The van der Waals surface area contributed by atoms with Crippen molar-refractivity contribution >= 4 is 23.5 Å². The van der Waals surface area contributed by atoms with Crippen molar-refractivity contribution < 1.29 is 14.3 Å². The third-order valence-electron chi connectivity index (χ3n) is 2.73. The van der Waals surface area contributed by atoms with Crippen molar-refractivity contribution in [3.05, 3.63) is 52.2 Å². The van der Waals surface area contributed by atoms with Gasteiger partial charge in [0.05, 0.1) is 6.04 Å².